The Morgan fingerprint density at radius 3 is 2.21 bits per heavy atom. The lowest BCUT2D eigenvalue weighted by Gasteiger charge is -2.15. The topological polar surface area (TPSA) is 32.6 Å². The minimum absolute atomic E-state index is 0.148. The Morgan fingerprint density at radius 2 is 1.63 bits per heavy atom. The Hall–Kier alpha value is -1.74. The molecular formula is C16H17NOS. The van der Waals surface area contributed by atoms with Crippen molar-refractivity contribution in [1.82, 2.24) is 0 Å². The third-order valence-corrected chi connectivity index (χ3v) is 4.25. The van der Waals surface area contributed by atoms with Crippen molar-refractivity contribution in [3.63, 3.8) is 0 Å². The number of oxime groups is 1. The zero-order chi connectivity index (χ0) is 13.5. The van der Waals surface area contributed by atoms with Crippen LogP contribution in [0.25, 0.3) is 0 Å². The van der Waals surface area contributed by atoms with E-state index < -0.39 is 0 Å². The van der Waals surface area contributed by atoms with Gasteiger partial charge in [0.15, 0.2) is 0 Å². The molecule has 0 bridgehead atoms. The monoisotopic (exact) mass is 271 g/mol. The molecule has 0 radical (unpaired) electrons. The zero-order valence-corrected chi connectivity index (χ0v) is 11.7. The summed E-state index contributed by atoms with van der Waals surface area (Å²) in [5.74, 6) is 0. The summed E-state index contributed by atoms with van der Waals surface area (Å²) in [6, 6.07) is 20.5. The second kappa shape index (κ2) is 7.00. The molecule has 2 nitrogen and oxygen atoms in total. The van der Waals surface area contributed by atoms with E-state index in [2.05, 4.69) is 29.4 Å². The van der Waals surface area contributed by atoms with Crippen LogP contribution in [-0.2, 0) is 6.42 Å². The van der Waals surface area contributed by atoms with Gasteiger partial charge in [-0.3, -0.25) is 0 Å². The first-order chi connectivity index (χ1) is 9.29. The lowest BCUT2D eigenvalue weighted by molar-refractivity contribution is 0.317. The molecule has 0 saturated carbocycles. The maximum absolute atomic E-state index is 9.04. The van der Waals surface area contributed by atoms with Gasteiger partial charge in [0.2, 0.25) is 0 Å². The molecule has 0 unspecified atom stereocenters. The summed E-state index contributed by atoms with van der Waals surface area (Å²) in [6.45, 7) is 1.86. The van der Waals surface area contributed by atoms with Gasteiger partial charge in [-0.1, -0.05) is 53.7 Å². The van der Waals surface area contributed by atoms with Crippen molar-refractivity contribution in [3.05, 3.63) is 66.2 Å². The minimum atomic E-state index is 0.148. The van der Waals surface area contributed by atoms with Gasteiger partial charge >= 0.3 is 0 Å². The molecule has 2 aromatic carbocycles. The fourth-order valence-corrected chi connectivity index (χ4v) is 2.97. The summed E-state index contributed by atoms with van der Waals surface area (Å²) < 4.78 is 0. The second-order valence-electron chi connectivity index (χ2n) is 4.35. The highest BCUT2D eigenvalue weighted by molar-refractivity contribution is 8.00. The summed E-state index contributed by atoms with van der Waals surface area (Å²) in [4.78, 5) is 1.19. The molecule has 2 aromatic rings. The van der Waals surface area contributed by atoms with Crippen molar-refractivity contribution in [2.24, 2.45) is 5.16 Å². The fraction of sp³-hybridized carbons (Fsp3) is 0.188. The molecule has 0 aromatic heterocycles. The van der Waals surface area contributed by atoms with E-state index in [-0.39, 0.29) is 5.25 Å². The van der Waals surface area contributed by atoms with Crippen molar-refractivity contribution in [1.29, 1.82) is 0 Å². The molecule has 0 aliphatic carbocycles. The molecule has 19 heavy (non-hydrogen) atoms. The van der Waals surface area contributed by atoms with Gasteiger partial charge in [-0.05, 0) is 31.0 Å². The third-order valence-electron chi connectivity index (χ3n) is 2.91. The number of hydrogen-bond acceptors (Lipinski definition) is 3. The Kier molecular flexibility index (Phi) is 5.04. The van der Waals surface area contributed by atoms with Gasteiger partial charge in [0.1, 0.15) is 0 Å². The fourth-order valence-electron chi connectivity index (χ4n) is 1.83. The third kappa shape index (κ3) is 4.14. The van der Waals surface area contributed by atoms with E-state index in [1.54, 1.807) is 11.8 Å². The summed E-state index contributed by atoms with van der Waals surface area (Å²) in [7, 11) is 0. The maximum atomic E-state index is 9.04. The first-order valence-electron chi connectivity index (χ1n) is 6.24. The number of benzene rings is 2. The van der Waals surface area contributed by atoms with Crippen LogP contribution in [0.5, 0.6) is 0 Å². The van der Waals surface area contributed by atoms with Crippen LogP contribution in [-0.4, -0.2) is 16.2 Å². The quantitative estimate of drug-likeness (QED) is 0.382. The van der Waals surface area contributed by atoms with E-state index in [0.29, 0.717) is 0 Å². The Labute approximate surface area is 118 Å². The predicted molar refractivity (Wildman–Crippen MR) is 81.1 cm³/mol. The number of nitrogens with zero attached hydrogens (tertiary/aromatic N) is 1. The zero-order valence-electron chi connectivity index (χ0n) is 10.9. The Balaban J connectivity index is 2.13. The molecule has 0 spiro atoms. The van der Waals surface area contributed by atoms with E-state index >= 15 is 0 Å². The van der Waals surface area contributed by atoms with Crippen LogP contribution in [0, 0.1) is 0 Å². The molecule has 1 N–H and O–H groups in total. The SMILES string of the molecule is C/C(=N\O)[C@@H](Cc1ccccc1)Sc1ccccc1. The summed E-state index contributed by atoms with van der Waals surface area (Å²) in [5.41, 5.74) is 2.00. The van der Waals surface area contributed by atoms with Gasteiger partial charge in [-0.25, -0.2) is 0 Å². The van der Waals surface area contributed by atoms with Crippen LogP contribution < -0.4 is 0 Å². The molecule has 3 heteroatoms. The van der Waals surface area contributed by atoms with Crippen molar-refractivity contribution in [3.8, 4) is 0 Å². The first kappa shape index (κ1) is 13.7. The van der Waals surface area contributed by atoms with E-state index in [1.165, 1.54) is 10.5 Å². The molecular weight excluding hydrogens is 254 g/mol. The molecule has 0 saturated heterocycles. The van der Waals surface area contributed by atoms with Gasteiger partial charge < -0.3 is 5.21 Å². The van der Waals surface area contributed by atoms with Crippen LogP contribution in [0.2, 0.25) is 0 Å². The standard InChI is InChI=1S/C16H17NOS/c1-13(17-18)16(12-14-8-4-2-5-9-14)19-15-10-6-3-7-11-15/h2-11,16,18H,12H2,1H3/b17-13+/t16-/m1/s1. The molecule has 98 valence electrons. The highest BCUT2D eigenvalue weighted by Gasteiger charge is 2.15. The maximum Gasteiger partial charge on any atom is 0.0676 e. The highest BCUT2D eigenvalue weighted by atomic mass is 32.2. The van der Waals surface area contributed by atoms with Gasteiger partial charge in [0, 0.05) is 4.90 Å². The summed E-state index contributed by atoms with van der Waals surface area (Å²) in [6.07, 6.45) is 0.857. The van der Waals surface area contributed by atoms with Crippen LogP contribution >= 0.6 is 11.8 Å². The predicted octanol–water partition coefficient (Wildman–Crippen LogP) is 4.24. The molecule has 0 fully saturated rings. The minimum Gasteiger partial charge on any atom is -0.411 e. The average molecular weight is 271 g/mol. The van der Waals surface area contributed by atoms with E-state index in [1.807, 2.05) is 43.3 Å². The Morgan fingerprint density at radius 1 is 1.05 bits per heavy atom. The second-order valence-corrected chi connectivity index (χ2v) is 5.63. The molecule has 0 aliphatic rings. The van der Waals surface area contributed by atoms with Crippen LogP contribution in [0.15, 0.2) is 70.7 Å². The van der Waals surface area contributed by atoms with Gasteiger partial charge in [-0.2, -0.15) is 0 Å². The lowest BCUT2D eigenvalue weighted by atomic mass is 10.1. The van der Waals surface area contributed by atoms with Crippen LogP contribution in [0.3, 0.4) is 0 Å². The first-order valence-corrected chi connectivity index (χ1v) is 7.11. The van der Waals surface area contributed by atoms with E-state index in [9.17, 15) is 0 Å². The van der Waals surface area contributed by atoms with Gasteiger partial charge in [-0.15, -0.1) is 11.8 Å². The van der Waals surface area contributed by atoms with Gasteiger partial charge in [0.25, 0.3) is 0 Å². The smallest absolute Gasteiger partial charge is 0.0676 e. The van der Waals surface area contributed by atoms with Crippen molar-refractivity contribution < 1.29 is 5.21 Å². The van der Waals surface area contributed by atoms with Crippen molar-refractivity contribution >= 4 is 17.5 Å². The lowest BCUT2D eigenvalue weighted by Crippen LogP contribution is -2.17. The number of thioether (sulfide) groups is 1. The molecule has 1 atom stereocenters. The number of rotatable bonds is 5. The van der Waals surface area contributed by atoms with E-state index in [4.69, 9.17) is 5.21 Å². The van der Waals surface area contributed by atoms with Crippen molar-refractivity contribution in [2.75, 3.05) is 0 Å². The van der Waals surface area contributed by atoms with E-state index in [0.717, 1.165) is 12.1 Å². The van der Waals surface area contributed by atoms with Gasteiger partial charge in [0.05, 0.1) is 11.0 Å². The molecule has 0 amide bonds. The number of hydrogen-bond donors (Lipinski definition) is 1. The van der Waals surface area contributed by atoms with Crippen molar-refractivity contribution in [2.45, 2.75) is 23.5 Å². The Bertz CT molecular complexity index is 483. The summed E-state index contributed by atoms with van der Waals surface area (Å²) in [5, 5.41) is 12.6. The molecule has 2 rings (SSSR count). The average Bonchev–Trinajstić information content (AvgIpc) is 2.48. The summed E-state index contributed by atoms with van der Waals surface area (Å²) >= 11 is 1.73. The molecule has 0 heterocycles. The van der Waals surface area contributed by atoms with Crippen LogP contribution in [0.1, 0.15) is 12.5 Å². The highest BCUT2D eigenvalue weighted by Crippen LogP contribution is 2.26. The largest absolute Gasteiger partial charge is 0.411 e. The molecule has 0 aliphatic heterocycles. The normalized spacial score (nSPS) is 13.2. The van der Waals surface area contributed by atoms with Crippen LogP contribution in [0.4, 0.5) is 0 Å².